The van der Waals surface area contributed by atoms with Crippen molar-refractivity contribution in [1.29, 1.82) is 0 Å². The summed E-state index contributed by atoms with van der Waals surface area (Å²) in [5.74, 6) is 0.742. The van der Waals surface area contributed by atoms with Crippen LogP contribution in [0, 0.1) is 0 Å². The molecule has 14 heavy (non-hydrogen) atoms. The van der Waals surface area contributed by atoms with Crippen LogP contribution in [0.2, 0.25) is 0 Å². The van der Waals surface area contributed by atoms with Crippen molar-refractivity contribution < 1.29 is 9.47 Å². The van der Waals surface area contributed by atoms with Crippen LogP contribution in [0.25, 0.3) is 0 Å². The first-order chi connectivity index (χ1) is 6.74. The SMILES string of the molecule is COCCOc1ccc([C@@H](C)N)nc1. The van der Waals surface area contributed by atoms with Gasteiger partial charge in [0.2, 0.25) is 0 Å². The van der Waals surface area contributed by atoms with Gasteiger partial charge in [0, 0.05) is 13.2 Å². The number of aromatic nitrogens is 1. The van der Waals surface area contributed by atoms with E-state index in [0.29, 0.717) is 13.2 Å². The Kier molecular flexibility index (Phi) is 4.35. The van der Waals surface area contributed by atoms with Crippen molar-refractivity contribution in [3.05, 3.63) is 24.0 Å². The molecule has 0 amide bonds. The van der Waals surface area contributed by atoms with Crippen LogP contribution in [0.4, 0.5) is 0 Å². The third-order valence-corrected chi connectivity index (χ3v) is 1.78. The Bertz CT molecular complexity index is 259. The number of nitrogens with two attached hydrogens (primary N) is 1. The smallest absolute Gasteiger partial charge is 0.137 e. The molecule has 0 radical (unpaired) electrons. The van der Waals surface area contributed by atoms with Gasteiger partial charge in [0.1, 0.15) is 12.4 Å². The van der Waals surface area contributed by atoms with E-state index >= 15 is 0 Å². The van der Waals surface area contributed by atoms with Crippen molar-refractivity contribution in [2.75, 3.05) is 20.3 Å². The van der Waals surface area contributed by atoms with Gasteiger partial charge >= 0.3 is 0 Å². The summed E-state index contributed by atoms with van der Waals surface area (Å²) in [5.41, 5.74) is 6.53. The fraction of sp³-hybridized carbons (Fsp3) is 0.500. The number of hydrogen-bond donors (Lipinski definition) is 1. The highest BCUT2D eigenvalue weighted by Crippen LogP contribution is 2.12. The Morgan fingerprint density at radius 1 is 1.43 bits per heavy atom. The standard InChI is InChI=1S/C10H16N2O2/c1-8(11)10-4-3-9(7-12-10)14-6-5-13-2/h3-4,7-8H,5-6,11H2,1-2H3/t8-/m1/s1. The molecule has 1 heterocycles. The average molecular weight is 196 g/mol. The van der Waals surface area contributed by atoms with Crippen molar-refractivity contribution in [1.82, 2.24) is 4.98 Å². The minimum atomic E-state index is -0.0389. The highest BCUT2D eigenvalue weighted by atomic mass is 16.5. The molecule has 0 saturated carbocycles. The van der Waals surface area contributed by atoms with Gasteiger partial charge in [-0.1, -0.05) is 0 Å². The maximum Gasteiger partial charge on any atom is 0.137 e. The fourth-order valence-corrected chi connectivity index (χ4v) is 0.989. The van der Waals surface area contributed by atoms with Gasteiger partial charge in [-0.25, -0.2) is 0 Å². The van der Waals surface area contributed by atoms with Crippen LogP contribution in [-0.4, -0.2) is 25.3 Å². The Morgan fingerprint density at radius 3 is 2.71 bits per heavy atom. The van der Waals surface area contributed by atoms with Gasteiger partial charge < -0.3 is 15.2 Å². The summed E-state index contributed by atoms with van der Waals surface area (Å²) >= 11 is 0. The van der Waals surface area contributed by atoms with Gasteiger partial charge in [-0.05, 0) is 19.1 Å². The Labute approximate surface area is 84.0 Å². The van der Waals surface area contributed by atoms with Gasteiger partial charge in [-0.15, -0.1) is 0 Å². The summed E-state index contributed by atoms with van der Waals surface area (Å²) < 4.78 is 10.2. The molecule has 2 N–H and O–H groups in total. The Hall–Kier alpha value is -1.13. The molecule has 4 nitrogen and oxygen atoms in total. The quantitative estimate of drug-likeness (QED) is 0.717. The highest BCUT2D eigenvalue weighted by molar-refractivity contribution is 5.21. The van der Waals surface area contributed by atoms with Gasteiger partial charge in [0.25, 0.3) is 0 Å². The maximum atomic E-state index is 5.66. The van der Waals surface area contributed by atoms with Crippen molar-refractivity contribution in [3.63, 3.8) is 0 Å². The van der Waals surface area contributed by atoms with E-state index in [9.17, 15) is 0 Å². The van der Waals surface area contributed by atoms with E-state index in [4.69, 9.17) is 15.2 Å². The number of pyridine rings is 1. The van der Waals surface area contributed by atoms with Gasteiger partial charge in [0.05, 0.1) is 18.5 Å². The van der Waals surface area contributed by atoms with Gasteiger partial charge in [-0.2, -0.15) is 0 Å². The zero-order valence-electron chi connectivity index (χ0n) is 8.56. The van der Waals surface area contributed by atoms with Crippen LogP contribution < -0.4 is 10.5 Å². The molecule has 0 spiro atoms. The van der Waals surface area contributed by atoms with Gasteiger partial charge in [0.15, 0.2) is 0 Å². The van der Waals surface area contributed by atoms with Crippen molar-refractivity contribution >= 4 is 0 Å². The zero-order valence-corrected chi connectivity index (χ0v) is 8.56. The second kappa shape index (κ2) is 5.57. The molecule has 78 valence electrons. The molecule has 0 aliphatic carbocycles. The lowest BCUT2D eigenvalue weighted by Crippen LogP contribution is -2.08. The molecule has 0 aliphatic rings. The lowest BCUT2D eigenvalue weighted by molar-refractivity contribution is 0.146. The van der Waals surface area contributed by atoms with Crippen LogP contribution in [-0.2, 0) is 4.74 Å². The molecule has 1 atom stereocenters. The molecule has 0 aromatic carbocycles. The topological polar surface area (TPSA) is 57.4 Å². The number of hydrogen-bond acceptors (Lipinski definition) is 4. The monoisotopic (exact) mass is 196 g/mol. The second-order valence-electron chi connectivity index (χ2n) is 3.05. The summed E-state index contributed by atoms with van der Waals surface area (Å²) in [6.45, 7) is 3.01. The number of nitrogens with zero attached hydrogens (tertiary/aromatic N) is 1. The average Bonchev–Trinajstić information content (AvgIpc) is 2.19. The number of methoxy groups -OCH3 is 1. The molecule has 4 heteroatoms. The van der Waals surface area contributed by atoms with E-state index in [1.54, 1.807) is 13.3 Å². The molecule has 1 aromatic heterocycles. The molecule has 0 fully saturated rings. The number of rotatable bonds is 5. The summed E-state index contributed by atoms with van der Waals surface area (Å²) in [7, 11) is 1.64. The van der Waals surface area contributed by atoms with Crippen LogP contribution in [0.1, 0.15) is 18.7 Å². The molecule has 0 saturated heterocycles. The van der Waals surface area contributed by atoms with E-state index in [-0.39, 0.29) is 6.04 Å². The molecule has 0 unspecified atom stereocenters. The van der Waals surface area contributed by atoms with E-state index in [2.05, 4.69) is 4.98 Å². The molecule has 1 aromatic rings. The second-order valence-corrected chi connectivity index (χ2v) is 3.05. The first-order valence-corrected chi connectivity index (χ1v) is 4.57. The fourth-order valence-electron chi connectivity index (χ4n) is 0.989. The van der Waals surface area contributed by atoms with Crippen LogP contribution in [0.3, 0.4) is 0 Å². The summed E-state index contributed by atoms with van der Waals surface area (Å²) in [6, 6.07) is 3.69. The predicted molar refractivity (Wildman–Crippen MR) is 54.2 cm³/mol. The van der Waals surface area contributed by atoms with Crippen LogP contribution >= 0.6 is 0 Å². The first kappa shape index (κ1) is 10.9. The molecular weight excluding hydrogens is 180 g/mol. The van der Waals surface area contributed by atoms with Crippen LogP contribution in [0.5, 0.6) is 5.75 Å². The molecule has 1 rings (SSSR count). The summed E-state index contributed by atoms with van der Waals surface area (Å²) in [6.07, 6.45) is 1.67. The molecular formula is C10H16N2O2. The summed E-state index contributed by atoms with van der Waals surface area (Å²) in [5, 5.41) is 0. The van der Waals surface area contributed by atoms with Crippen molar-refractivity contribution in [3.8, 4) is 5.75 Å². The Morgan fingerprint density at radius 2 is 2.21 bits per heavy atom. The summed E-state index contributed by atoms with van der Waals surface area (Å²) in [4.78, 5) is 4.17. The minimum absolute atomic E-state index is 0.0389. The van der Waals surface area contributed by atoms with Crippen LogP contribution in [0.15, 0.2) is 18.3 Å². The largest absolute Gasteiger partial charge is 0.490 e. The normalized spacial score (nSPS) is 12.5. The van der Waals surface area contributed by atoms with E-state index in [0.717, 1.165) is 11.4 Å². The lowest BCUT2D eigenvalue weighted by Gasteiger charge is -2.07. The maximum absolute atomic E-state index is 5.66. The zero-order chi connectivity index (χ0) is 10.4. The predicted octanol–water partition coefficient (Wildman–Crippen LogP) is 1.13. The van der Waals surface area contributed by atoms with E-state index in [1.807, 2.05) is 19.1 Å². The molecule has 0 bridgehead atoms. The minimum Gasteiger partial charge on any atom is -0.490 e. The molecule has 0 aliphatic heterocycles. The number of ether oxygens (including phenoxy) is 2. The van der Waals surface area contributed by atoms with Gasteiger partial charge in [-0.3, -0.25) is 4.98 Å². The third-order valence-electron chi connectivity index (χ3n) is 1.78. The highest BCUT2D eigenvalue weighted by Gasteiger charge is 2.00. The van der Waals surface area contributed by atoms with E-state index < -0.39 is 0 Å². The van der Waals surface area contributed by atoms with Crippen molar-refractivity contribution in [2.24, 2.45) is 5.73 Å². The third kappa shape index (κ3) is 3.32. The van der Waals surface area contributed by atoms with E-state index in [1.165, 1.54) is 0 Å². The van der Waals surface area contributed by atoms with Crippen molar-refractivity contribution in [2.45, 2.75) is 13.0 Å². The first-order valence-electron chi connectivity index (χ1n) is 4.57. The Balaban J connectivity index is 2.47. The lowest BCUT2D eigenvalue weighted by atomic mass is 10.2.